The highest BCUT2D eigenvalue weighted by atomic mass is 79.9. The molecule has 1 atom stereocenters. The summed E-state index contributed by atoms with van der Waals surface area (Å²) in [5.74, 6) is 1.53. The number of ether oxygens (including phenoxy) is 1. The van der Waals surface area contributed by atoms with Crippen LogP contribution in [0.4, 0.5) is 0 Å². The van der Waals surface area contributed by atoms with Crippen molar-refractivity contribution in [3.63, 3.8) is 0 Å². The van der Waals surface area contributed by atoms with Gasteiger partial charge in [0.2, 0.25) is 0 Å². The maximum absolute atomic E-state index is 10.2. The van der Waals surface area contributed by atoms with Gasteiger partial charge in [0, 0.05) is 10.0 Å². The number of furan rings is 1. The van der Waals surface area contributed by atoms with Crippen LogP contribution in [0.15, 0.2) is 39.4 Å². The van der Waals surface area contributed by atoms with E-state index >= 15 is 0 Å². The smallest absolute Gasteiger partial charge is 0.120 e. The Morgan fingerprint density at radius 3 is 2.65 bits per heavy atom. The number of benzene rings is 1. The average molecular weight is 297 g/mol. The lowest BCUT2D eigenvalue weighted by atomic mass is 10.0. The lowest BCUT2D eigenvalue weighted by Crippen LogP contribution is -1.99. The van der Waals surface area contributed by atoms with Crippen LogP contribution < -0.4 is 4.74 Å². The highest BCUT2D eigenvalue weighted by molar-refractivity contribution is 9.10. The minimum absolute atomic E-state index is 0.701. The van der Waals surface area contributed by atoms with Crippen LogP contribution in [0.5, 0.6) is 5.75 Å². The summed E-state index contributed by atoms with van der Waals surface area (Å²) in [6, 6.07) is 7.29. The Kier molecular flexibility index (Phi) is 3.54. The van der Waals surface area contributed by atoms with Crippen LogP contribution >= 0.6 is 15.9 Å². The normalized spacial score (nSPS) is 12.5. The Balaban J connectivity index is 2.34. The molecule has 0 fully saturated rings. The summed E-state index contributed by atoms with van der Waals surface area (Å²) in [5.41, 5.74) is 1.53. The Morgan fingerprint density at radius 2 is 2.12 bits per heavy atom. The second kappa shape index (κ2) is 4.94. The molecule has 0 aliphatic heterocycles. The van der Waals surface area contributed by atoms with Crippen LogP contribution in [0, 0.1) is 6.92 Å². The maximum Gasteiger partial charge on any atom is 0.120 e. The van der Waals surface area contributed by atoms with Crippen molar-refractivity contribution in [3.8, 4) is 5.75 Å². The van der Waals surface area contributed by atoms with Gasteiger partial charge < -0.3 is 14.3 Å². The fraction of sp³-hybridized carbons (Fsp3) is 0.231. The van der Waals surface area contributed by atoms with Gasteiger partial charge in [-0.1, -0.05) is 22.0 Å². The van der Waals surface area contributed by atoms with Gasteiger partial charge in [-0.2, -0.15) is 0 Å². The fourth-order valence-corrected chi connectivity index (χ4v) is 2.22. The van der Waals surface area contributed by atoms with Crippen molar-refractivity contribution in [1.82, 2.24) is 0 Å². The lowest BCUT2D eigenvalue weighted by molar-refractivity contribution is 0.218. The van der Waals surface area contributed by atoms with Gasteiger partial charge in [-0.3, -0.25) is 0 Å². The van der Waals surface area contributed by atoms with Gasteiger partial charge in [-0.15, -0.1) is 0 Å². The van der Waals surface area contributed by atoms with Gasteiger partial charge in [-0.05, 0) is 30.7 Å². The summed E-state index contributed by atoms with van der Waals surface area (Å²) in [6.45, 7) is 1.85. The van der Waals surface area contributed by atoms with E-state index in [2.05, 4.69) is 15.9 Å². The summed E-state index contributed by atoms with van der Waals surface area (Å²) in [5, 5.41) is 10.2. The first-order chi connectivity index (χ1) is 8.11. The van der Waals surface area contributed by atoms with E-state index in [1.54, 1.807) is 13.4 Å². The maximum atomic E-state index is 10.2. The molecule has 1 aromatic heterocycles. The first-order valence-electron chi connectivity index (χ1n) is 5.18. The third kappa shape index (κ3) is 2.53. The lowest BCUT2D eigenvalue weighted by Gasteiger charge is -2.12. The molecule has 4 heteroatoms. The van der Waals surface area contributed by atoms with E-state index in [1.807, 2.05) is 31.2 Å². The van der Waals surface area contributed by atoms with Crippen molar-refractivity contribution < 1.29 is 14.3 Å². The van der Waals surface area contributed by atoms with Crippen LogP contribution in [-0.2, 0) is 0 Å². The van der Waals surface area contributed by atoms with Crippen molar-refractivity contribution in [1.29, 1.82) is 0 Å². The molecule has 1 aromatic carbocycles. The number of aliphatic hydroxyl groups excluding tert-OH is 1. The van der Waals surface area contributed by atoms with Crippen molar-refractivity contribution in [2.45, 2.75) is 13.0 Å². The first kappa shape index (κ1) is 12.2. The summed E-state index contributed by atoms with van der Waals surface area (Å²) < 4.78 is 11.1. The van der Waals surface area contributed by atoms with Crippen LogP contribution in [0.2, 0.25) is 0 Å². The van der Waals surface area contributed by atoms with Crippen LogP contribution in [-0.4, -0.2) is 12.2 Å². The molecule has 0 aliphatic carbocycles. The molecule has 1 unspecified atom stereocenters. The minimum Gasteiger partial charge on any atom is -0.497 e. The van der Waals surface area contributed by atoms with Crippen LogP contribution in [0.3, 0.4) is 0 Å². The van der Waals surface area contributed by atoms with E-state index in [4.69, 9.17) is 9.15 Å². The number of hydrogen-bond donors (Lipinski definition) is 1. The molecule has 1 N–H and O–H groups in total. The number of aliphatic hydroxyl groups is 1. The predicted molar refractivity (Wildman–Crippen MR) is 68.2 cm³/mol. The molecular formula is C13H13BrO3. The van der Waals surface area contributed by atoms with Gasteiger partial charge in [0.05, 0.1) is 13.4 Å². The quantitative estimate of drug-likeness (QED) is 0.943. The number of hydrogen-bond acceptors (Lipinski definition) is 3. The number of halogens is 1. The molecule has 0 amide bonds. The van der Waals surface area contributed by atoms with E-state index in [0.29, 0.717) is 0 Å². The SMILES string of the molecule is COc1ccc(C(O)c2coc(C)c2)c(Br)c1. The second-order valence-electron chi connectivity index (χ2n) is 3.78. The summed E-state index contributed by atoms with van der Waals surface area (Å²) in [7, 11) is 1.61. The van der Waals surface area contributed by atoms with E-state index in [-0.39, 0.29) is 0 Å². The van der Waals surface area contributed by atoms with E-state index in [0.717, 1.165) is 27.1 Å². The zero-order chi connectivity index (χ0) is 12.4. The van der Waals surface area contributed by atoms with Gasteiger partial charge in [0.1, 0.15) is 17.6 Å². The number of methoxy groups -OCH3 is 1. The second-order valence-corrected chi connectivity index (χ2v) is 4.64. The fourth-order valence-electron chi connectivity index (χ4n) is 1.64. The molecule has 0 radical (unpaired) electrons. The summed E-state index contributed by atoms with van der Waals surface area (Å²) in [6.07, 6.45) is 0.865. The third-order valence-electron chi connectivity index (χ3n) is 2.57. The molecule has 1 heterocycles. The van der Waals surface area contributed by atoms with Gasteiger partial charge in [0.25, 0.3) is 0 Å². The van der Waals surface area contributed by atoms with Gasteiger partial charge in [-0.25, -0.2) is 0 Å². The molecule has 0 bridgehead atoms. The minimum atomic E-state index is -0.701. The molecule has 0 aliphatic rings. The standard InChI is InChI=1S/C13H13BrO3/c1-8-5-9(7-17-8)13(15)11-4-3-10(16-2)6-12(11)14/h3-7,13,15H,1-2H3. The summed E-state index contributed by atoms with van der Waals surface area (Å²) >= 11 is 3.42. The number of rotatable bonds is 3. The zero-order valence-electron chi connectivity index (χ0n) is 9.61. The van der Waals surface area contributed by atoms with E-state index in [1.165, 1.54) is 0 Å². The van der Waals surface area contributed by atoms with E-state index < -0.39 is 6.10 Å². The molecule has 0 saturated heterocycles. The van der Waals surface area contributed by atoms with Crippen molar-refractivity contribution >= 4 is 15.9 Å². The van der Waals surface area contributed by atoms with E-state index in [9.17, 15) is 5.11 Å². The zero-order valence-corrected chi connectivity index (χ0v) is 11.2. The monoisotopic (exact) mass is 296 g/mol. The highest BCUT2D eigenvalue weighted by Gasteiger charge is 2.16. The largest absolute Gasteiger partial charge is 0.497 e. The van der Waals surface area contributed by atoms with Crippen molar-refractivity contribution in [2.75, 3.05) is 7.11 Å². The van der Waals surface area contributed by atoms with Crippen molar-refractivity contribution in [3.05, 3.63) is 51.9 Å². The molecule has 2 aromatic rings. The molecule has 2 rings (SSSR count). The van der Waals surface area contributed by atoms with Gasteiger partial charge >= 0.3 is 0 Å². The van der Waals surface area contributed by atoms with Crippen LogP contribution in [0.1, 0.15) is 23.0 Å². The highest BCUT2D eigenvalue weighted by Crippen LogP contribution is 2.31. The number of aryl methyl sites for hydroxylation is 1. The Labute approximate surface area is 108 Å². The Hall–Kier alpha value is -1.26. The third-order valence-corrected chi connectivity index (χ3v) is 3.26. The Morgan fingerprint density at radius 1 is 1.35 bits per heavy atom. The Bertz CT molecular complexity index is 519. The topological polar surface area (TPSA) is 42.6 Å². The molecule has 17 heavy (non-hydrogen) atoms. The molecule has 0 saturated carbocycles. The predicted octanol–water partition coefficient (Wildman–Crippen LogP) is 3.44. The summed E-state index contributed by atoms with van der Waals surface area (Å²) in [4.78, 5) is 0. The molecular weight excluding hydrogens is 284 g/mol. The van der Waals surface area contributed by atoms with Crippen molar-refractivity contribution in [2.24, 2.45) is 0 Å². The average Bonchev–Trinajstić information content (AvgIpc) is 2.75. The van der Waals surface area contributed by atoms with Gasteiger partial charge in [0.15, 0.2) is 0 Å². The first-order valence-corrected chi connectivity index (χ1v) is 5.97. The molecule has 90 valence electrons. The molecule has 0 spiro atoms. The molecule has 3 nitrogen and oxygen atoms in total. The van der Waals surface area contributed by atoms with Crippen LogP contribution in [0.25, 0.3) is 0 Å².